The van der Waals surface area contributed by atoms with Gasteiger partial charge in [0.1, 0.15) is 0 Å². The molecule has 122 valence electrons. The van der Waals surface area contributed by atoms with Crippen LogP contribution in [0, 0.1) is 10.1 Å². The van der Waals surface area contributed by atoms with E-state index < -0.39 is 10.5 Å². The molecule has 0 saturated carbocycles. The predicted molar refractivity (Wildman–Crippen MR) is 83.7 cm³/mol. The molecule has 0 saturated heterocycles. The number of nitrogens with two attached hydrogens (primary N) is 1. The topological polar surface area (TPSA) is 107 Å². The number of nitro benzene ring substituents is 1. The van der Waals surface area contributed by atoms with Gasteiger partial charge < -0.3 is 15.8 Å². The van der Waals surface area contributed by atoms with Gasteiger partial charge in [0.25, 0.3) is 0 Å². The highest BCUT2D eigenvalue weighted by Crippen LogP contribution is 2.25. The van der Waals surface area contributed by atoms with Crippen LogP contribution in [0.3, 0.4) is 0 Å². The molecule has 7 nitrogen and oxygen atoms in total. The molecule has 0 radical (unpaired) electrons. The summed E-state index contributed by atoms with van der Waals surface area (Å²) in [7, 11) is 0. The van der Waals surface area contributed by atoms with Gasteiger partial charge in [-0.1, -0.05) is 26.0 Å². The van der Waals surface area contributed by atoms with Gasteiger partial charge in [-0.15, -0.1) is 0 Å². The fourth-order valence-corrected chi connectivity index (χ4v) is 1.85. The summed E-state index contributed by atoms with van der Waals surface area (Å²) in [5.74, 6) is -0.0223. The van der Waals surface area contributed by atoms with Crippen LogP contribution >= 0.6 is 0 Å². The number of hydrogen-bond donors (Lipinski definition) is 2. The normalized spacial score (nSPS) is 11.0. The number of para-hydroxylation sites is 2. The molecule has 0 heterocycles. The van der Waals surface area contributed by atoms with Gasteiger partial charge in [0.15, 0.2) is 5.75 Å². The molecule has 0 unspecified atom stereocenters. The van der Waals surface area contributed by atoms with Gasteiger partial charge in [-0.05, 0) is 18.9 Å². The molecular formula is C15H23N3O4. The Morgan fingerprint density at radius 3 is 2.59 bits per heavy atom. The van der Waals surface area contributed by atoms with Crippen molar-refractivity contribution < 1.29 is 14.5 Å². The van der Waals surface area contributed by atoms with Crippen molar-refractivity contribution >= 4 is 11.6 Å². The number of amides is 1. The largest absolute Gasteiger partial charge is 0.486 e. The zero-order chi connectivity index (χ0) is 16.6. The number of ether oxygens (including phenoxy) is 1. The standard InChI is InChI=1S/C15H23N3O4/c1-3-15(16,4-2)11-17-14(19)9-10-22-13-8-6-5-7-12(13)18(20)21/h5-8H,3-4,9-11,16H2,1-2H3,(H,17,19). The fraction of sp³-hybridized carbons (Fsp3) is 0.533. The molecule has 0 fully saturated rings. The van der Waals surface area contributed by atoms with Gasteiger partial charge in [0.05, 0.1) is 18.0 Å². The number of carbonyl (C=O) groups is 1. The number of nitrogens with one attached hydrogen (secondary N) is 1. The predicted octanol–water partition coefficient (Wildman–Crippen LogP) is 2.00. The van der Waals surface area contributed by atoms with Crippen LogP contribution in [0.15, 0.2) is 24.3 Å². The number of hydrogen-bond acceptors (Lipinski definition) is 5. The molecule has 1 aromatic carbocycles. The highest BCUT2D eigenvalue weighted by atomic mass is 16.6. The molecule has 3 N–H and O–H groups in total. The lowest BCUT2D eigenvalue weighted by Gasteiger charge is -2.26. The van der Waals surface area contributed by atoms with Crippen molar-refractivity contribution in [3.8, 4) is 5.75 Å². The van der Waals surface area contributed by atoms with Crippen LogP contribution in [0.1, 0.15) is 33.1 Å². The monoisotopic (exact) mass is 309 g/mol. The quantitative estimate of drug-likeness (QED) is 0.536. The first-order valence-electron chi connectivity index (χ1n) is 7.33. The number of nitro groups is 1. The Morgan fingerprint density at radius 1 is 1.36 bits per heavy atom. The second-order valence-electron chi connectivity index (χ2n) is 5.17. The Hall–Kier alpha value is -2.15. The maximum atomic E-state index is 11.8. The molecule has 0 aliphatic carbocycles. The van der Waals surface area contributed by atoms with E-state index in [1.165, 1.54) is 12.1 Å². The van der Waals surface area contributed by atoms with E-state index in [0.29, 0.717) is 6.54 Å². The number of carbonyl (C=O) groups excluding carboxylic acids is 1. The van der Waals surface area contributed by atoms with E-state index in [2.05, 4.69) is 5.32 Å². The van der Waals surface area contributed by atoms with Crippen LogP contribution in [0.2, 0.25) is 0 Å². The third-order valence-electron chi connectivity index (χ3n) is 3.69. The van der Waals surface area contributed by atoms with Crippen LogP contribution in [-0.4, -0.2) is 29.5 Å². The molecule has 1 rings (SSSR count). The van der Waals surface area contributed by atoms with Crippen LogP contribution in [0.4, 0.5) is 5.69 Å². The number of nitrogens with zero attached hydrogens (tertiary/aromatic N) is 1. The number of rotatable bonds is 9. The van der Waals surface area contributed by atoms with E-state index in [4.69, 9.17) is 10.5 Å². The van der Waals surface area contributed by atoms with Gasteiger partial charge in [-0.3, -0.25) is 14.9 Å². The average molecular weight is 309 g/mol. The molecule has 0 aliphatic heterocycles. The van der Waals surface area contributed by atoms with E-state index in [0.717, 1.165) is 12.8 Å². The molecule has 0 atom stereocenters. The van der Waals surface area contributed by atoms with Crippen molar-refractivity contribution in [1.82, 2.24) is 5.32 Å². The van der Waals surface area contributed by atoms with Gasteiger partial charge in [-0.2, -0.15) is 0 Å². The summed E-state index contributed by atoms with van der Waals surface area (Å²) in [6.07, 6.45) is 1.67. The van der Waals surface area contributed by atoms with Crippen LogP contribution in [0.25, 0.3) is 0 Å². The van der Waals surface area contributed by atoms with E-state index >= 15 is 0 Å². The minimum absolute atomic E-state index is 0.0759. The second kappa shape index (κ2) is 8.33. The molecule has 0 bridgehead atoms. The molecule has 0 aromatic heterocycles. The molecule has 22 heavy (non-hydrogen) atoms. The van der Waals surface area contributed by atoms with Gasteiger partial charge >= 0.3 is 5.69 Å². The Bertz CT molecular complexity index is 515. The van der Waals surface area contributed by atoms with Crippen molar-refractivity contribution in [2.75, 3.05) is 13.2 Å². The van der Waals surface area contributed by atoms with E-state index in [-0.39, 0.29) is 30.4 Å². The summed E-state index contributed by atoms with van der Waals surface area (Å²) in [6.45, 7) is 4.44. The second-order valence-corrected chi connectivity index (χ2v) is 5.17. The van der Waals surface area contributed by atoms with Crippen molar-refractivity contribution in [1.29, 1.82) is 0 Å². The third-order valence-corrected chi connectivity index (χ3v) is 3.69. The van der Waals surface area contributed by atoms with Crippen LogP contribution in [0.5, 0.6) is 5.75 Å². The lowest BCUT2D eigenvalue weighted by Crippen LogP contribution is -2.49. The molecule has 7 heteroatoms. The maximum Gasteiger partial charge on any atom is 0.310 e. The summed E-state index contributed by atoms with van der Waals surface area (Å²) >= 11 is 0. The Labute approximate surface area is 130 Å². The minimum Gasteiger partial charge on any atom is -0.486 e. The van der Waals surface area contributed by atoms with Crippen molar-refractivity contribution in [3.63, 3.8) is 0 Å². The molecule has 1 aromatic rings. The summed E-state index contributed by atoms with van der Waals surface area (Å²) in [4.78, 5) is 22.1. The molecular weight excluding hydrogens is 286 g/mol. The zero-order valence-corrected chi connectivity index (χ0v) is 13.0. The van der Waals surface area contributed by atoms with E-state index in [1.54, 1.807) is 12.1 Å². The van der Waals surface area contributed by atoms with Gasteiger partial charge in [0.2, 0.25) is 5.91 Å². The third kappa shape index (κ3) is 5.33. The smallest absolute Gasteiger partial charge is 0.310 e. The fourth-order valence-electron chi connectivity index (χ4n) is 1.85. The Kier molecular flexibility index (Phi) is 6.78. The van der Waals surface area contributed by atoms with E-state index in [9.17, 15) is 14.9 Å². The first kappa shape index (κ1) is 17.9. The Morgan fingerprint density at radius 2 is 2.00 bits per heavy atom. The number of benzene rings is 1. The summed E-state index contributed by atoms with van der Waals surface area (Å²) in [5.41, 5.74) is 5.59. The average Bonchev–Trinajstić information content (AvgIpc) is 2.53. The minimum atomic E-state index is -0.513. The zero-order valence-electron chi connectivity index (χ0n) is 13.0. The Balaban J connectivity index is 2.42. The van der Waals surface area contributed by atoms with E-state index in [1.807, 2.05) is 13.8 Å². The van der Waals surface area contributed by atoms with Gasteiger partial charge in [0, 0.05) is 18.2 Å². The molecule has 0 aliphatic rings. The summed E-state index contributed by atoms with van der Waals surface area (Å²) in [5, 5.41) is 13.6. The lowest BCUT2D eigenvalue weighted by molar-refractivity contribution is -0.385. The lowest BCUT2D eigenvalue weighted by atomic mass is 9.94. The molecule has 0 spiro atoms. The van der Waals surface area contributed by atoms with Gasteiger partial charge in [-0.25, -0.2) is 0 Å². The van der Waals surface area contributed by atoms with Crippen molar-refractivity contribution in [2.24, 2.45) is 5.73 Å². The highest BCUT2D eigenvalue weighted by molar-refractivity contribution is 5.76. The van der Waals surface area contributed by atoms with Crippen molar-refractivity contribution in [3.05, 3.63) is 34.4 Å². The first-order valence-corrected chi connectivity index (χ1v) is 7.33. The van der Waals surface area contributed by atoms with Crippen LogP contribution < -0.4 is 15.8 Å². The highest BCUT2D eigenvalue weighted by Gasteiger charge is 2.21. The summed E-state index contributed by atoms with van der Waals surface area (Å²) < 4.78 is 5.32. The maximum absolute atomic E-state index is 11.8. The SMILES string of the molecule is CCC(N)(CC)CNC(=O)CCOc1ccccc1[N+](=O)[O-]. The first-order chi connectivity index (χ1) is 10.4. The molecule has 1 amide bonds. The summed E-state index contributed by atoms with van der Waals surface area (Å²) in [6, 6.07) is 6.08. The van der Waals surface area contributed by atoms with Crippen LogP contribution in [-0.2, 0) is 4.79 Å². The van der Waals surface area contributed by atoms with Crippen molar-refractivity contribution in [2.45, 2.75) is 38.6 Å².